The Bertz CT molecular complexity index is 546. The molecule has 1 aromatic carbocycles. The summed E-state index contributed by atoms with van der Waals surface area (Å²) < 4.78 is 1.92. The molecule has 0 aliphatic rings. The van der Waals surface area contributed by atoms with Crippen LogP contribution in [0.1, 0.15) is 23.9 Å². The van der Waals surface area contributed by atoms with Crippen LogP contribution >= 0.6 is 11.6 Å². The molecule has 0 atom stereocenters. The van der Waals surface area contributed by atoms with Crippen molar-refractivity contribution in [1.82, 2.24) is 9.78 Å². The maximum atomic E-state index is 6.10. The average molecular weight is 264 g/mol. The van der Waals surface area contributed by atoms with E-state index in [2.05, 4.69) is 23.4 Å². The summed E-state index contributed by atoms with van der Waals surface area (Å²) >= 11 is 6.10. The summed E-state index contributed by atoms with van der Waals surface area (Å²) in [6.07, 6.45) is 0.962. The Morgan fingerprint density at radius 2 is 2.11 bits per heavy atom. The number of halogens is 1. The van der Waals surface area contributed by atoms with E-state index < -0.39 is 0 Å². The van der Waals surface area contributed by atoms with Gasteiger partial charge in [0.2, 0.25) is 0 Å². The number of benzene rings is 1. The number of hydrogen-bond acceptors (Lipinski definition) is 2. The summed E-state index contributed by atoms with van der Waals surface area (Å²) in [7, 11) is 1.97. The number of anilines is 1. The largest absolute Gasteiger partial charge is 0.379 e. The molecule has 0 saturated carbocycles. The lowest BCUT2D eigenvalue weighted by atomic mass is 10.2. The summed E-state index contributed by atoms with van der Waals surface area (Å²) in [6.45, 7) is 4.86. The number of rotatable bonds is 4. The van der Waals surface area contributed by atoms with E-state index in [1.54, 1.807) is 0 Å². The SMILES string of the molecule is CCc1cc(CNc2ccc(C)c(Cl)c2)n(C)n1. The first-order valence-electron chi connectivity index (χ1n) is 6.12. The molecule has 2 aromatic rings. The molecule has 0 bridgehead atoms. The van der Waals surface area contributed by atoms with Crippen LogP contribution in [-0.4, -0.2) is 9.78 Å². The van der Waals surface area contributed by atoms with E-state index in [1.165, 1.54) is 5.69 Å². The van der Waals surface area contributed by atoms with Gasteiger partial charge < -0.3 is 5.32 Å². The second-order valence-electron chi connectivity index (χ2n) is 4.42. The molecular formula is C14H18ClN3. The van der Waals surface area contributed by atoms with E-state index in [1.807, 2.05) is 36.9 Å². The minimum Gasteiger partial charge on any atom is -0.379 e. The molecule has 0 unspecified atom stereocenters. The minimum atomic E-state index is 0.753. The van der Waals surface area contributed by atoms with Gasteiger partial charge in [0.25, 0.3) is 0 Å². The normalized spacial score (nSPS) is 10.7. The molecule has 0 spiro atoms. The van der Waals surface area contributed by atoms with Crippen LogP contribution in [0.3, 0.4) is 0 Å². The van der Waals surface area contributed by atoms with Crippen LogP contribution in [-0.2, 0) is 20.0 Å². The molecule has 0 aliphatic heterocycles. The maximum absolute atomic E-state index is 6.10. The fraction of sp³-hybridized carbons (Fsp3) is 0.357. The molecule has 0 saturated heterocycles. The van der Waals surface area contributed by atoms with Gasteiger partial charge in [0, 0.05) is 17.8 Å². The van der Waals surface area contributed by atoms with Gasteiger partial charge in [-0.15, -0.1) is 0 Å². The molecule has 0 amide bonds. The van der Waals surface area contributed by atoms with Gasteiger partial charge in [-0.3, -0.25) is 4.68 Å². The first-order valence-corrected chi connectivity index (χ1v) is 6.49. The van der Waals surface area contributed by atoms with Crippen molar-refractivity contribution in [3.8, 4) is 0 Å². The molecule has 96 valence electrons. The van der Waals surface area contributed by atoms with Crippen molar-refractivity contribution in [2.24, 2.45) is 7.05 Å². The highest BCUT2D eigenvalue weighted by Gasteiger charge is 2.04. The topological polar surface area (TPSA) is 29.9 Å². The monoisotopic (exact) mass is 263 g/mol. The summed E-state index contributed by atoms with van der Waals surface area (Å²) in [5, 5.41) is 8.58. The number of nitrogens with one attached hydrogen (secondary N) is 1. The highest BCUT2D eigenvalue weighted by atomic mass is 35.5. The smallest absolute Gasteiger partial charge is 0.0625 e. The molecule has 18 heavy (non-hydrogen) atoms. The number of aromatic nitrogens is 2. The van der Waals surface area contributed by atoms with Crippen molar-refractivity contribution < 1.29 is 0 Å². The summed E-state index contributed by atoms with van der Waals surface area (Å²) in [5.41, 5.74) is 4.42. The van der Waals surface area contributed by atoms with Gasteiger partial charge in [0.1, 0.15) is 0 Å². The van der Waals surface area contributed by atoms with Crippen LogP contribution < -0.4 is 5.32 Å². The Labute approximate surface area is 113 Å². The zero-order valence-corrected chi connectivity index (χ0v) is 11.8. The van der Waals surface area contributed by atoms with Gasteiger partial charge in [-0.1, -0.05) is 24.6 Å². The predicted molar refractivity (Wildman–Crippen MR) is 76.1 cm³/mol. The molecule has 0 fully saturated rings. The fourth-order valence-electron chi connectivity index (χ4n) is 1.81. The highest BCUT2D eigenvalue weighted by molar-refractivity contribution is 6.31. The van der Waals surface area contributed by atoms with Crippen LogP contribution in [0.25, 0.3) is 0 Å². The third-order valence-electron chi connectivity index (χ3n) is 3.04. The van der Waals surface area contributed by atoms with Crippen LogP contribution in [0, 0.1) is 6.92 Å². The first-order chi connectivity index (χ1) is 8.60. The van der Waals surface area contributed by atoms with Gasteiger partial charge in [0.15, 0.2) is 0 Å². The van der Waals surface area contributed by atoms with Crippen molar-refractivity contribution in [2.45, 2.75) is 26.8 Å². The van der Waals surface area contributed by atoms with Gasteiger partial charge in [-0.2, -0.15) is 5.10 Å². The van der Waals surface area contributed by atoms with E-state index in [0.717, 1.165) is 34.9 Å². The Morgan fingerprint density at radius 3 is 2.72 bits per heavy atom. The molecule has 1 N–H and O–H groups in total. The van der Waals surface area contributed by atoms with Crippen molar-refractivity contribution >= 4 is 17.3 Å². The Balaban J connectivity index is 2.06. The standard InChI is InChI=1S/C14H18ClN3/c1-4-11-7-13(18(3)17-11)9-16-12-6-5-10(2)14(15)8-12/h5-8,16H,4,9H2,1-3H3. The van der Waals surface area contributed by atoms with Gasteiger partial charge in [-0.25, -0.2) is 0 Å². The summed E-state index contributed by atoms with van der Waals surface area (Å²) in [6, 6.07) is 8.14. The van der Waals surface area contributed by atoms with E-state index in [0.29, 0.717) is 0 Å². The second kappa shape index (κ2) is 5.44. The van der Waals surface area contributed by atoms with Gasteiger partial charge in [-0.05, 0) is 37.1 Å². The molecule has 1 heterocycles. The predicted octanol–water partition coefficient (Wildman–Crippen LogP) is 3.56. The molecule has 1 aromatic heterocycles. The maximum Gasteiger partial charge on any atom is 0.0625 e. The quantitative estimate of drug-likeness (QED) is 0.914. The molecular weight excluding hydrogens is 246 g/mol. The molecule has 0 aliphatic carbocycles. The highest BCUT2D eigenvalue weighted by Crippen LogP contribution is 2.20. The molecule has 2 rings (SSSR count). The summed E-state index contributed by atoms with van der Waals surface area (Å²) in [4.78, 5) is 0. The third-order valence-corrected chi connectivity index (χ3v) is 3.44. The molecule has 3 nitrogen and oxygen atoms in total. The van der Waals surface area contributed by atoms with Crippen LogP contribution in [0.15, 0.2) is 24.3 Å². The third kappa shape index (κ3) is 2.85. The van der Waals surface area contributed by atoms with E-state index in [9.17, 15) is 0 Å². The number of hydrogen-bond donors (Lipinski definition) is 1. The number of nitrogens with zero attached hydrogens (tertiary/aromatic N) is 2. The van der Waals surface area contributed by atoms with Crippen molar-refractivity contribution in [2.75, 3.05) is 5.32 Å². The lowest BCUT2D eigenvalue weighted by Crippen LogP contribution is -2.05. The van der Waals surface area contributed by atoms with Gasteiger partial charge in [0.05, 0.1) is 17.9 Å². The molecule has 0 radical (unpaired) electrons. The lowest BCUT2D eigenvalue weighted by molar-refractivity contribution is 0.707. The van der Waals surface area contributed by atoms with Crippen molar-refractivity contribution in [3.63, 3.8) is 0 Å². The lowest BCUT2D eigenvalue weighted by Gasteiger charge is -2.08. The minimum absolute atomic E-state index is 0.753. The zero-order valence-electron chi connectivity index (χ0n) is 11.0. The van der Waals surface area contributed by atoms with Gasteiger partial charge >= 0.3 is 0 Å². The van der Waals surface area contributed by atoms with Crippen molar-refractivity contribution in [1.29, 1.82) is 0 Å². The fourth-order valence-corrected chi connectivity index (χ4v) is 1.99. The second-order valence-corrected chi connectivity index (χ2v) is 4.83. The van der Waals surface area contributed by atoms with E-state index in [-0.39, 0.29) is 0 Å². The Kier molecular flexibility index (Phi) is 3.92. The number of aryl methyl sites for hydroxylation is 3. The van der Waals surface area contributed by atoms with Crippen LogP contribution in [0.4, 0.5) is 5.69 Å². The average Bonchev–Trinajstić information content (AvgIpc) is 2.72. The first kappa shape index (κ1) is 13.0. The molecule has 4 heteroatoms. The summed E-state index contributed by atoms with van der Waals surface area (Å²) in [5.74, 6) is 0. The Morgan fingerprint density at radius 1 is 1.33 bits per heavy atom. The zero-order chi connectivity index (χ0) is 13.1. The van der Waals surface area contributed by atoms with Crippen molar-refractivity contribution in [3.05, 3.63) is 46.2 Å². The van der Waals surface area contributed by atoms with Crippen LogP contribution in [0.2, 0.25) is 5.02 Å². The Hall–Kier alpha value is -1.48. The van der Waals surface area contributed by atoms with Crippen LogP contribution in [0.5, 0.6) is 0 Å². The van der Waals surface area contributed by atoms with E-state index in [4.69, 9.17) is 11.6 Å². The van der Waals surface area contributed by atoms with E-state index >= 15 is 0 Å².